The zero-order chi connectivity index (χ0) is 18.8. The van der Waals surface area contributed by atoms with Crippen LogP contribution in [0.2, 0.25) is 0 Å². The highest BCUT2D eigenvalue weighted by atomic mass is 16.6. The zero-order valence-electron chi connectivity index (χ0n) is 14.5. The van der Waals surface area contributed by atoms with Crippen molar-refractivity contribution in [2.24, 2.45) is 12.0 Å². The third kappa shape index (κ3) is 5.50. The van der Waals surface area contributed by atoms with Crippen LogP contribution in [0.5, 0.6) is 5.75 Å². The molecule has 0 unspecified atom stereocenters. The molecule has 1 aromatic carbocycles. The van der Waals surface area contributed by atoms with Crippen molar-refractivity contribution in [1.82, 2.24) is 14.9 Å². The number of ether oxygens (including phenoxy) is 2. The normalized spacial score (nSPS) is 14.1. The highest BCUT2D eigenvalue weighted by Crippen LogP contribution is 2.16. The molecule has 26 heavy (non-hydrogen) atoms. The van der Waals surface area contributed by atoms with E-state index >= 15 is 0 Å². The van der Waals surface area contributed by atoms with Crippen molar-refractivity contribution < 1.29 is 14.4 Å². The summed E-state index contributed by atoms with van der Waals surface area (Å²) in [6, 6.07) is 8.96. The molecule has 0 bridgehead atoms. The molecule has 138 valence electrons. The Morgan fingerprint density at radius 2 is 2.12 bits per heavy atom. The maximum atomic E-state index is 10.8. The predicted molar refractivity (Wildman–Crippen MR) is 97.4 cm³/mol. The Morgan fingerprint density at radius 1 is 1.42 bits per heavy atom. The van der Waals surface area contributed by atoms with E-state index in [1.807, 2.05) is 18.2 Å². The van der Waals surface area contributed by atoms with E-state index in [0.29, 0.717) is 5.75 Å². The molecule has 0 aliphatic carbocycles. The van der Waals surface area contributed by atoms with Crippen molar-refractivity contribution in [3.05, 3.63) is 65.2 Å². The molecule has 1 aliphatic heterocycles. The molecule has 0 amide bonds. The number of aromatic nitrogens is 2. The number of benzene rings is 1. The third-order valence-corrected chi connectivity index (χ3v) is 3.35. The number of rotatable bonds is 4. The predicted octanol–water partition coefficient (Wildman–Crippen LogP) is 1.90. The first-order chi connectivity index (χ1) is 12.6. The molecule has 0 spiro atoms. The summed E-state index contributed by atoms with van der Waals surface area (Å²) >= 11 is 0. The average Bonchev–Trinajstić information content (AvgIpc) is 3.06. The summed E-state index contributed by atoms with van der Waals surface area (Å²) in [5.74, 6) is 0.800. The fraction of sp³-hybridized carbons (Fsp3) is 0.294. The summed E-state index contributed by atoms with van der Waals surface area (Å²) in [6.45, 7) is 7.33. The number of nitrogens with one attached hydrogen (secondary N) is 1. The fourth-order valence-electron chi connectivity index (χ4n) is 2.10. The second kappa shape index (κ2) is 10.1. The Balaban J connectivity index is 0.000000342. The molecular formula is C17H21N5O4. The minimum Gasteiger partial charge on any atom is -0.434 e. The van der Waals surface area contributed by atoms with Crippen LogP contribution in [-0.2, 0) is 11.8 Å². The van der Waals surface area contributed by atoms with Crippen LogP contribution in [0.3, 0.4) is 0 Å². The van der Waals surface area contributed by atoms with Gasteiger partial charge in [-0.3, -0.25) is 0 Å². The third-order valence-electron chi connectivity index (χ3n) is 3.35. The highest BCUT2D eigenvalue weighted by Gasteiger charge is 2.22. The molecule has 2 heterocycles. The van der Waals surface area contributed by atoms with Crippen molar-refractivity contribution in [1.29, 1.82) is 0 Å². The van der Waals surface area contributed by atoms with Gasteiger partial charge in [0.25, 0.3) is 11.7 Å². The summed E-state index contributed by atoms with van der Waals surface area (Å²) in [5, 5.41) is 14.0. The van der Waals surface area contributed by atoms with Crippen LogP contribution >= 0.6 is 0 Å². The second-order valence-electron chi connectivity index (χ2n) is 5.15. The SMILES string of the molecule is C1COCCN1.C=CN=C(Oc1ccccc1)c1ncc([N+](=O)[O-])n1C. The molecule has 9 heteroatoms. The molecule has 9 nitrogen and oxygen atoms in total. The summed E-state index contributed by atoms with van der Waals surface area (Å²) in [5.41, 5.74) is 0. The van der Waals surface area contributed by atoms with Crippen LogP contribution in [-0.4, -0.2) is 46.7 Å². The van der Waals surface area contributed by atoms with Crippen molar-refractivity contribution in [3.63, 3.8) is 0 Å². The van der Waals surface area contributed by atoms with Gasteiger partial charge in [-0.25, -0.2) is 14.5 Å². The average molecular weight is 359 g/mol. The Bertz CT molecular complexity index is 742. The van der Waals surface area contributed by atoms with Crippen LogP contribution in [0, 0.1) is 10.1 Å². The van der Waals surface area contributed by atoms with E-state index in [-0.39, 0.29) is 17.5 Å². The molecule has 2 aromatic rings. The first-order valence-electron chi connectivity index (χ1n) is 8.00. The Morgan fingerprint density at radius 3 is 2.58 bits per heavy atom. The largest absolute Gasteiger partial charge is 0.434 e. The molecule has 0 atom stereocenters. The Kier molecular flexibility index (Phi) is 7.47. The first kappa shape index (κ1) is 19.3. The van der Waals surface area contributed by atoms with E-state index in [1.165, 1.54) is 17.8 Å². The molecule has 1 fully saturated rings. The number of hydrogen-bond acceptors (Lipinski definition) is 7. The topological polar surface area (TPSA) is 104 Å². The number of imidazole rings is 1. The van der Waals surface area contributed by atoms with Gasteiger partial charge < -0.3 is 24.9 Å². The number of nitro groups is 1. The standard InChI is InChI=1S/C13H12N4O3.C4H9NO/c1-3-14-13(20-10-7-5-4-6-8-10)12-15-9-11(16(12)2)17(18)19;1-3-6-4-2-5-1/h3-9H,1H2,2H3;5H,1-4H2. The maximum Gasteiger partial charge on any atom is 0.343 e. The van der Waals surface area contributed by atoms with Gasteiger partial charge in [0.2, 0.25) is 0 Å². The van der Waals surface area contributed by atoms with Crippen LogP contribution in [0.15, 0.2) is 54.3 Å². The molecule has 0 radical (unpaired) electrons. The minimum absolute atomic E-state index is 0.141. The van der Waals surface area contributed by atoms with Crippen molar-refractivity contribution in [2.45, 2.75) is 0 Å². The van der Waals surface area contributed by atoms with Gasteiger partial charge in [0.05, 0.1) is 20.3 Å². The first-order valence-corrected chi connectivity index (χ1v) is 8.00. The summed E-state index contributed by atoms with van der Waals surface area (Å²) in [4.78, 5) is 18.2. The molecular weight excluding hydrogens is 338 g/mol. The van der Waals surface area contributed by atoms with E-state index in [0.717, 1.165) is 32.5 Å². The van der Waals surface area contributed by atoms with Crippen LogP contribution < -0.4 is 10.1 Å². The van der Waals surface area contributed by atoms with E-state index in [2.05, 4.69) is 21.9 Å². The van der Waals surface area contributed by atoms with Gasteiger partial charge in [0.15, 0.2) is 0 Å². The molecule has 0 saturated carbocycles. The van der Waals surface area contributed by atoms with Crippen LogP contribution in [0.25, 0.3) is 0 Å². The summed E-state index contributed by atoms with van der Waals surface area (Å²) in [6.07, 6.45) is 2.45. The van der Waals surface area contributed by atoms with Crippen LogP contribution in [0.1, 0.15) is 5.82 Å². The lowest BCUT2D eigenvalue weighted by molar-refractivity contribution is -0.391. The Labute approximate surface area is 151 Å². The van der Waals surface area contributed by atoms with Gasteiger partial charge in [-0.2, -0.15) is 0 Å². The molecule has 3 rings (SSSR count). The number of morpholine rings is 1. The molecule has 1 saturated heterocycles. The van der Waals surface area contributed by atoms with Gasteiger partial charge in [-0.1, -0.05) is 24.8 Å². The van der Waals surface area contributed by atoms with Crippen molar-refractivity contribution in [2.75, 3.05) is 26.3 Å². The molecule has 1 aliphatic rings. The lowest BCUT2D eigenvalue weighted by Crippen LogP contribution is -2.30. The number of aliphatic imine (C=N–C) groups is 1. The van der Waals surface area contributed by atoms with Gasteiger partial charge >= 0.3 is 5.82 Å². The number of para-hydroxylation sites is 1. The fourth-order valence-corrected chi connectivity index (χ4v) is 2.10. The number of nitrogens with zero attached hydrogens (tertiary/aromatic N) is 4. The van der Waals surface area contributed by atoms with E-state index < -0.39 is 4.92 Å². The summed E-state index contributed by atoms with van der Waals surface area (Å²) in [7, 11) is 1.52. The minimum atomic E-state index is -0.523. The van der Waals surface area contributed by atoms with E-state index in [9.17, 15) is 10.1 Å². The monoisotopic (exact) mass is 359 g/mol. The van der Waals surface area contributed by atoms with Crippen LogP contribution in [0.4, 0.5) is 5.82 Å². The summed E-state index contributed by atoms with van der Waals surface area (Å²) < 4.78 is 11.9. The van der Waals surface area contributed by atoms with Gasteiger partial charge in [0, 0.05) is 19.3 Å². The van der Waals surface area contributed by atoms with Gasteiger partial charge in [-0.05, 0) is 17.1 Å². The van der Waals surface area contributed by atoms with E-state index in [4.69, 9.17) is 9.47 Å². The molecule has 1 aromatic heterocycles. The van der Waals surface area contributed by atoms with Crippen molar-refractivity contribution >= 4 is 11.7 Å². The van der Waals surface area contributed by atoms with E-state index in [1.54, 1.807) is 12.1 Å². The smallest absolute Gasteiger partial charge is 0.343 e. The highest BCUT2D eigenvalue weighted by molar-refractivity contribution is 5.93. The lowest BCUT2D eigenvalue weighted by Gasteiger charge is -2.10. The second-order valence-corrected chi connectivity index (χ2v) is 5.15. The van der Waals surface area contributed by atoms with Gasteiger partial charge in [0.1, 0.15) is 11.9 Å². The quantitative estimate of drug-likeness (QED) is 0.387. The maximum absolute atomic E-state index is 10.8. The Hall–Kier alpha value is -3.04. The zero-order valence-corrected chi connectivity index (χ0v) is 14.5. The van der Waals surface area contributed by atoms with Crippen molar-refractivity contribution in [3.8, 4) is 5.75 Å². The lowest BCUT2D eigenvalue weighted by atomic mass is 10.3. The van der Waals surface area contributed by atoms with Gasteiger partial charge in [-0.15, -0.1) is 0 Å². The number of hydrogen-bond donors (Lipinski definition) is 1. The molecule has 1 N–H and O–H groups in total.